The van der Waals surface area contributed by atoms with Gasteiger partial charge < -0.3 is 0 Å². The molecule has 0 spiro atoms. The van der Waals surface area contributed by atoms with Crippen LogP contribution in [0.1, 0.15) is 93.4 Å². The topological polar surface area (TPSA) is 0 Å². The second-order valence-electron chi connectivity index (χ2n) is 7.02. The number of hydrogen-bond acceptors (Lipinski definition) is 0. The van der Waals surface area contributed by atoms with E-state index >= 15 is 0 Å². The minimum Gasteiger partial charge on any atom is -0.0654 e. The van der Waals surface area contributed by atoms with Crippen LogP contribution in [0.3, 0.4) is 0 Å². The first-order valence-corrected chi connectivity index (χ1v) is 9.01. The highest BCUT2D eigenvalue weighted by atomic mass is 14.3. The molecule has 0 aromatic heterocycles. The van der Waals surface area contributed by atoms with Gasteiger partial charge >= 0.3 is 0 Å². The van der Waals surface area contributed by atoms with Gasteiger partial charge in [0.25, 0.3) is 0 Å². The van der Waals surface area contributed by atoms with E-state index in [2.05, 4.69) is 48.5 Å². The van der Waals surface area contributed by atoms with E-state index in [4.69, 9.17) is 0 Å². The molecular weight excluding hydrogens is 228 g/mol. The van der Waals surface area contributed by atoms with Crippen LogP contribution >= 0.6 is 0 Å². The Balaban J connectivity index is 4.82. The largest absolute Gasteiger partial charge is 0.0654 e. The molecule has 0 aliphatic carbocycles. The molecule has 0 aromatic carbocycles. The van der Waals surface area contributed by atoms with Crippen LogP contribution in [0.5, 0.6) is 0 Å². The summed E-state index contributed by atoms with van der Waals surface area (Å²) < 4.78 is 0. The predicted octanol–water partition coefficient (Wildman–Crippen LogP) is 6.94. The van der Waals surface area contributed by atoms with Gasteiger partial charge in [-0.25, -0.2) is 0 Å². The van der Waals surface area contributed by atoms with E-state index in [0.717, 1.165) is 29.6 Å². The van der Waals surface area contributed by atoms with Crippen LogP contribution < -0.4 is 0 Å². The van der Waals surface area contributed by atoms with Gasteiger partial charge in [-0.3, -0.25) is 0 Å². The van der Waals surface area contributed by atoms with Gasteiger partial charge in [-0.1, -0.05) is 87.0 Å². The van der Waals surface area contributed by atoms with Crippen LogP contribution in [-0.4, -0.2) is 0 Å². The Kier molecular flexibility index (Phi) is 10.7. The second-order valence-corrected chi connectivity index (χ2v) is 7.02. The summed E-state index contributed by atoms with van der Waals surface area (Å²) in [5.74, 6) is 4.56. The maximum atomic E-state index is 2.51. The van der Waals surface area contributed by atoms with Gasteiger partial charge in [-0.05, 0) is 36.0 Å². The highest BCUT2D eigenvalue weighted by molar-refractivity contribution is 4.78. The predicted molar refractivity (Wildman–Crippen MR) is 89.5 cm³/mol. The van der Waals surface area contributed by atoms with Crippen molar-refractivity contribution in [1.29, 1.82) is 0 Å². The minimum absolute atomic E-state index is 0.829. The standard InChI is InChI=1S/C19H40/c1-8-12-17(10-3)14-19(16(7)15(5)6)18(11-4)13-9-2/h15-19H,8-14H2,1-7H3. The van der Waals surface area contributed by atoms with Gasteiger partial charge in [0.15, 0.2) is 0 Å². The molecule has 0 aliphatic heterocycles. The summed E-state index contributed by atoms with van der Waals surface area (Å²) in [7, 11) is 0. The zero-order chi connectivity index (χ0) is 14.8. The highest BCUT2D eigenvalue weighted by Gasteiger charge is 2.28. The van der Waals surface area contributed by atoms with Crippen molar-refractivity contribution in [1.82, 2.24) is 0 Å². The quantitative estimate of drug-likeness (QED) is 0.381. The molecule has 116 valence electrons. The van der Waals surface area contributed by atoms with Gasteiger partial charge in [0.1, 0.15) is 0 Å². The van der Waals surface area contributed by atoms with Gasteiger partial charge in [0, 0.05) is 0 Å². The lowest BCUT2D eigenvalue weighted by Crippen LogP contribution is -2.27. The normalized spacial score (nSPS) is 18.3. The van der Waals surface area contributed by atoms with Crippen LogP contribution in [0.25, 0.3) is 0 Å². The summed E-state index contributed by atoms with van der Waals surface area (Å²) in [5.41, 5.74) is 0. The molecule has 0 saturated carbocycles. The lowest BCUT2D eigenvalue weighted by atomic mass is 9.70. The lowest BCUT2D eigenvalue weighted by molar-refractivity contribution is 0.139. The molecule has 0 nitrogen and oxygen atoms in total. The van der Waals surface area contributed by atoms with E-state index in [1.54, 1.807) is 0 Å². The van der Waals surface area contributed by atoms with Gasteiger partial charge in [-0.15, -0.1) is 0 Å². The zero-order valence-corrected chi connectivity index (χ0v) is 14.8. The average Bonchev–Trinajstić information content (AvgIpc) is 2.40. The summed E-state index contributed by atoms with van der Waals surface area (Å²) in [6.07, 6.45) is 9.79. The smallest absolute Gasteiger partial charge is 0.0355 e. The highest BCUT2D eigenvalue weighted by Crippen LogP contribution is 2.38. The molecule has 0 saturated heterocycles. The van der Waals surface area contributed by atoms with E-state index in [1.165, 1.54) is 44.9 Å². The van der Waals surface area contributed by atoms with Gasteiger partial charge in [0.05, 0.1) is 0 Å². The van der Waals surface area contributed by atoms with Crippen LogP contribution in [0.4, 0.5) is 0 Å². The monoisotopic (exact) mass is 268 g/mol. The Bertz CT molecular complexity index is 194. The van der Waals surface area contributed by atoms with Crippen molar-refractivity contribution in [2.45, 2.75) is 93.4 Å². The van der Waals surface area contributed by atoms with E-state index in [-0.39, 0.29) is 0 Å². The summed E-state index contributed by atoms with van der Waals surface area (Å²) >= 11 is 0. The molecular formula is C19H40. The van der Waals surface area contributed by atoms with Crippen LogP contribution in [0, 0.1) is 29.6 Å². The molecule has 4 atom stereocenters. The first-order valence-electron chi connectivity index (χ1n) is 9.01. The van der Waals surface area contributed by atoms with Gasteiger partial charge in [-0.2, -0.15) is 0 Å². The fourth-order valence-corrected chi connectivity index (χ4v) is 3.70. The summed E-state index contributed by atoms with van der Waals surface area (Å²) in [5, 5.41) is 0. The van der Waals surface area contributed by atoms with E-state index in [9.17, 15) is 0 Å². The van der Waals surface area contributed by atoms with E-state index < -0.39 is 0 Å². The van der Waals surface area contributed by atoms with Crippen molar-refractivity contribution in [2.24, 2.45) is 29.6 Å². The summed E-state index contributed by atoms with van der Waals surface area (Å²) in [6, 6.07) is 0. The Morgan fingerprint density at radius 3 is 1.68 bits per heavy atom. The summed E-state index contributed by atoms with van der Waals surface area (Å²) in [4.78, 5) is 0. The van der Waals surface area contributed by atoms with E-state index in [1.807, 2.05) is 0 Å². The molecule has 0 heterocycles. The van der Waals surface area contributed by atoms with Crippen molar-refractivity contribution >= 4 is 0 Å². The third kappa shape index (κ3) is 6.82. The lowest BCUT2D eigenvalue weighted by Gasteiger charge is -2.36. The second kappa shape index (κ2) is 10.7. The fourth-order valence-electron chi connectivity index (χ4n) is 3.70. The maximum absolute atomic E-state index is 2.51. The van der Waals surface area contributed by atoms with E-state index in [0.29, 0.717) is 0 Å². The molecule has 19 heavy (non-hydrogen) atoms. The SMILES string of the molecule is CCCC(CC)CC(C(CC)CCC)C(C)C(C)C. The van der Waals surface area contributed by atoms with Crippen molar-refractivity contribution in [3.8, 4) is 0 Å². The van der Waals surface area contributed by atoms with Crippen molar-refractivity contribution in [3.05, 3.63) is 0 Å². The Hall–Kier alpha value is 0. The molecule has 0 aliphatic rings. The van der Waals surface area contributed by atoms with Crippen LogP contribution in [0.15, 0.2) is 0 Å². The van der Waals surface area contributed by atoms with Crippen LogP contribution in [0.2, 0.25) is 0 Å². The molecule has 0 aromatic rings. The molecule has 0 N–H and O–H groups in total. The first kappa shape index (κ1) is 19.0. The van der Waals surface area contributed by atoms with Crippen LogP contribution in [-0.2, 0) is 0 Å². The Morgan fingerprint density at radius 2 is 1.32 bits per heavy atom. The molecule has 0 heteroatoms. The molecule has 0 radical (unpaired) electrons. The Morgan fingerprint density at radius 1 is 0.737 bits per heavy atom. The molecule has 0 amide bonds. The zero-order valence-electron chi connectivity index (χ0n) is 14.8. The minimum atomic E-state index is 0.829. The molecule has 0 fully saturated rings. The summed E-state index contributed by atoms with van der Waals surface area (Å²) in [6.45, 7) is 16.8. The van der Waals surface area contributed by atoms with Gasteiger partial charge in [0.2, 0.25) is 0 Å². The molecule has 4 unspecified atom stereocenters. The van der Waals surface area contributed by atoms with Crippen molar-refractivity contribution in [2.75, 3.05) is 0 Å². The average molecular weight is 269 g/mol. The van der Waals surface area contributed by atoms with Crippen molar-refractivity contribution in [3.63, 3.8) is 0 Å². The maximum Gasteiger partial charge on any atom is -0.0355 e. The Labute approximate surface area is 123 Å². The van der Waals surface area contributed by atoms with Crippen molar-refractivity contribution < 1.29 is 0 Å². The first-order chi connectivity index (χ1) is 9.01. The molecule has 0 bridgehead atoms. The number of rotatable bonds is 11. The third-order valence-electron chi connectivity index (χ3n) is 5.40. The fraction of sp³-hybridized carbons (Fsp3) is 1.00. The molecule has 0 rings (SSSR count). The third-order valence-corrected chi connectivity index (χ3v) is 5.40. The number of hydrogen-bond donors (Lipinski definition) is 0.